The van der Waals surface area contributed by atoms with Gasteiger partial charge in [0, 0.05) is 19.6 Å². The fourth-order valence-electron chi connectivity index (χ4n) is 1.35. The molecular formula is C9H19F3N2O3S. The van der Waals surface area contributed by atoms with Crippen molar-refractivity contribution >= 4 is 10.0 Å². The van der Waals surface area contributed by atoms with Crippen LogP contribution < -0.4 is 10.5 Å². The summed E-state index contributed by atoms with van der Waals surface area (Å²) in [5.74, 6) is -0.558. The maximum absolute atomic E-state index is 11.9. The topological polar surface area (TPSA) is 81.4 Å². The molecule has 0 saturated heterocycles. The van der Waals surface area contributed by atoms with Crippen LogP contribution in [0.25, 0.3) is 0 Å². The van der Waals surface area contributed by atoms with Crippen molar-refractivity contribution in [3.05, 3.63) is 0 Å². The number of methoxy groups -OCH3 is 1. The Hall–Kier alpha value is -0.380. The molecular weight excluding hydrogens is 273 g/mol. The normalized spacial score (nSPS) is 14.7. The summed E-state index contributed by atoms with van der Waals surface area (Å²) in [6.07, 6.45) is -5.54. The lowest BCUT2D eigenvalue weighted by atomic mass is 10.2. The summed E-state index contributed by atoms with van der Waals surface area (Å²) in [4.78, 5) is 0. The molecule has 0 bridgehead atoms. The van der Waals surface area contributed by atoms with Gasteiger partial charge >= 0.3 is 6.18 Å². The van der Waals surface area contributed by atoms with Crippen LogP contribution in [0.5, 0.6) is 0 Å². The molecule has 0 spiro atoms. The Labute approximate surface area is 105 Å². The molecule has 1 atom stereocenters. The molecule has 0 aliphatic carbocycles. The molecule has 0 fully saturated rings. The quantitative estimate of drug-likeness (QED) is 0.652. The number of ether oxygens (including phenoxy) is 1. The number of hydrogen-bond donors (Lipinski definition) is 2. The van der Waals surface area contributed by atoms with Crippen LogP contribution in [-0.2, 0) is 14.8 Å². The van der Waals surface area contributed by atoms with Gasteiger partial charge in [-0.1, -0.05) is 0 Å². The average Bonchev–Trinajstić information content (AvgIpc) is 2.14. The highest BCUT2D eigenvalue weighted by Crippen LogP contribution is 2.21. The van der Waals surface area contributed by atoms with E-state index in [0.29, 0.717) is 6.42 Å². The van der Waals surface area contributed by atoms with Crippen LogP contribution in [0.4, 0.5) is 13.2 Å². The molecule has 0 aliphatic heterocycles. The predicted octanol–water partition coefficient (Wildman–Crippen LogP) is 0.612. The van der Waals surface area contributed by atoms with Gasteiger partial charge < -0.3 is 10.5 Å². The highest BCUT2D eigenvalue weighted by Gasteiger charge is 2.27. The largest absolute Gasteiger partial charge is 0.389 e. The maximum Gasteiger partial charge on any atom is 0.389 e. The molecule has 110 valence electrons. The first-order chi connectivity index (χ1) is 8.20. The molecule has 1 unspecified atom stereocenters. The van der Waals surface area contributed by atoms with Crippen molar-refractivity contribution in [2.24, 2.45) is 5.73 Å². The Morgan fingerprint density at radius 2 is 2.00 bits per heavy atom. The number of nitrogens with one attached hydrogen (secondary N) is 1. The molecule has 9 heteroatoms. The summed E-state index contributed by atoms with van der Waals surface area (Å²) < 4.78 is 65.7. The molecule has 0 saturated carbocycles. The molecule has 3 N–H and O–H groups in total. The molecule has 0 amide bonds. The maximum atomic E-state index is 11.9. The monoisotopic (exact) mass is 292 g/mol. The van der Waals surface area contributed by atoms with Crippen LogP contribution in [0.15, 0.2) is 0 Å². The Balaban J connectivity index is 4.19. The van der Waals surface area contributed by atoms with E-state index in [1.54, 1.807) is 0 Å². The van der Waals surface area contributed by atoms with Crippen molar-refractivity contribution in [1.82, 2.24) is 4.72 Å². The first-order valence-electron chi connectivity index (χ1n) is 5.46. The van der Waals surface area contributed by atoms with Crippen LogP contribution in [0, 0.1) is 0 Å². The Morgan fingerprint density at radius 3 is 2.44 bits per heavy atom. The first kappa shape index (κ1) is 17.6. The molecule has 0 rings (SSSR count). The number of halogens is 3. The minimum absolute atomic E-state index is 0.135. The average molecular weight is 292 g/mol. The van der Waals surface area contributed by atoms with E-state index in [2.05, 4.69) is 4.72 Å². The second-order valence-corrected chi connectivity index (χ2v) is 5.76. The zero-order valence-electron chi connectivity index (χ0n) is 10.2. The molecule has 0 radical (unpaired) electrons. The molecule has 0 aliphatic rings. The fourth-order valence-corrected chi connectivity index (χ4v) is 2.69. The second kappa shape index (κ2) is 7.93. The lowest BCUT2D eigenvalue weighted by Gasteiger charge is -2.17. The van der Waals surface area contributed by atoms with Crippen molar-refractivity contribution in [2.75, 3.05) is 26.0 Å². The SMILES string of the molecule is COCC(CCN)NS(=O)(=O)CCCC(F)(F)F. The Kier molecular flexibility index (Phi) is 7.76. The van der Waals surface area contributed by atoms with Gasteiger partial charge in [0.2, 0.25) is 10.0 Å². The standard InChI is InChI=1S/C9H19F3N2O3S/c1-17-7-8(3-5-13)14-18(15,16)6-2-4-9(10,11)12/h8,14H,2-7,13H2,1H3. The van der Waals surface area contributed by atoms with Gasteiger partial charge in [0.25, 0.3) is 0 Å². The lowest BCUT2D eigenvalue weighted by molar-refractivity contribution is -0.134. The fraction of sp³-hybridized carbons (Fsp3) is 1.00. The van der Waals surface area contributed by atoms with Gasteiger partial charge in [-0.2, -0.15) is 13.2 Å². The third-order valence-corrected chi connectivity index (χ3v) is 3.62. The first-order valence-corrected chi connectivity index (χ1v) is 7.11. The number of sulfonamides is 1. The van der Waals surface area contributed by atoms with Crippen LogP contribution >= 0.6 is 0 Å². The molecule has 0 aromatic heterocycles. The summed E-state index contributed by atoms with van der Waals surface area (Å²) in [6.45, 7) is 0.398. The number of nitrogens with two attached hydrogens (primary N) is 1. The minimum Gasteiger partial charge on any atom is -0.383 e. The van der Waals surface area contributed by atoms with E-state index < -0.39 is 40.8 Å². The summed E-state index contributed by atoms with van der Waals surface area (Å²) in [6, 6.07) is -0.504. The van der Waals surface area contributed by atoms with Crippen molar-refractivity contribution in [1.29, 1.82) is 0 Å². The summed E-state index contributed by atoms with van der Waals surface area (Å²) in [5.41, 5.74) is 5.30. The predicted molar refractivity (Wildman–Crippen MR) is 61.5 cm³/mol. The van der Waals surface area contributed by atoms with E-state index in [1.807, 2.05) is 0 Å². The van der Waals surface area contributed by atoms with Gasteiger partial charge in [0.15, 0.2) is 0 Å². The van der Waals surface area contributed by atoms with Crippen molar-refractivity contribution in [3.8, 4) is 0 Å². The molecule has 5 nitrogen and oxygen atoms in total. The van der Waals surface area contributed by atoms with Crippen molar-refractivity contribution in [3.63, 3.8) is 0 Å². The van der Waals surface area contributed by atoms with Crippen LogP contribution in [0.2, 0.25) is 0 Å². The third kappa shape index (κ3) is 9.63. The molecule has 0 aromatic carbocycles. The summed E-state index contributed by atoms with van der Waals surface area (Å²) in [5, 5.41) is 0. The van der Waals surface area contributed by atoms with Gasteiger partial charge in [-0.05, 0) is 19.4 Å². The lowest BCUT2D eigenvalue weighted by Crippen LogP contribution is -2.40. The van der Waals surface area contributed by atoms with E-state index in [4.69, 9.17) is 10.5 Å². The van der Waals surface area contributed by atoms with Crippen LogP contribution in [0.3, 0.4) is 0 Å². The van der Waals surface area contributed by atoms with E-state index in [9.17, 15) is 21.6 Å². The number of hydrogen-bond acceptors (Lipinski definition) is 4. The highest BCUT2D eigenvalue weighted by atomic mass is 32.2. The zero-order chi connectivity index (χ0) is 14.2. The summed E-state index contributed by atoms with van der Waals surface area (Å²) >= 11 is 0. The molecule has 0 heterocycles. The number of alkyl halides is 3. The van der Waals surface area contributed by atoms with Crippen LogP contribution in [0.1, 0.15) is 19.3 Å². The Morgan fingerprint density at radius 1 is 1.39 bits per heavy atom. The molecule has 0 aromatic rings. The highest BCUT2D eigenvalue weighted by molar-refractivity contribution is 7.89. The minimum atomic E-state index is -4.33. The summed E-state index contributed by atoms with van der Waals surface area (Å²) in [7, 11) is -2.33. The van der Waals surface area contributed by atoms with E-state index in [0.717, 1.165) is 0 Å². The molecule has 18 heavy (non-hydrogen) atoms. The van der Waals surface area contributed by atoms with Gasteiger partial charge in [0.1, 0.15) is 0 Å². The van der Waals surface area contributed by atoms with Gasteiger partial charge in [-0.15, -0.1) is 0 Å². The van der Waals surface area contributed by atoms with Crippen LogP contribution in [-0.4, -0.2) is 46.7 Å². The van der Waals surface area contributed by atoms with Gasteiger partial charge in [0.05, 0.1) is 12.4 Å². The van der Waals surface area contributed by atoms with E-state index in [1.165, 1.54) is 7.11 Å². The van der Waals surface area contributed by atoms with Crippen molar-refractivity contribution in [2.45, 2.75) is 31.5 Å². The van der Waals surface area contributed by atoms with Gasteiger partial charge in [-0.25, -0.2) is 13.1 Å². The smallest absolute Gasteiger partial charge is 0.383 e. The Bertz CT molecular complexity index is 314. The third-order valence-electron chi connectivity index (χ3n) is 2.10. The zero-order valence-corrected chi connectivity index (χ0v) is 11.0. The van der Waals surface area contributed by atoms with E-state index in [-0.39, 0.29) is 13.2 Å². The van der Waals surface area contributed by atoms with E-state index >= 15 is 0 Å². The van der Waals surface area contributed by atoms with Gasteiger partial charge in [-0.3, -0.25) is 0 Å². The second-order valence-electron chi connectivity index (χ2n) is 3.89. The van der Waals surface area contributed by atoms with Crippen molar-refractivity contribution < 1.29 is 26.3 Å². The number of rotatable bonds is 9.